The molecule has 0 spiro atoms. The molecule has 9 nitrogen and oxygen atoms in total. The molecule has 1 fully saturated rings. The van der Waals surface area contributed by atoms with Gasteiger partial charge in [0.2, 0.25) is 9.04 Å². The molecule has 1 saturated heterocycles. The summed E-state index contributed by atoms with van der Waals surface area (Å²) in [7, 11) is -0.962. The van der Waals surface area contributed by atoms with Crippen LogP contribution in [0.5, 0.6) is 17.2 Å². The minimum atomic E-state index is -0.962. The van der Waals surface area contributed by atoms with E-state index >= 15 is 0 Å². The van der Waals surface area contributed by atoms with Gasteiger partial charge < -0.3 is 24.1 Å². The maximum atomic E-state index is 13.2. The second kappa shape index (κ2) is 13.3. The second-order valence-electron chi connectivity index (χ2n) is 11.6. The van der Waals surface area contributed by atoms with Crippen molar-refractivity contribution in [2.24, 2.45) is 5.41 Å². The van der Waals surface area contributed by atoms with Crippen molar-refractivity contribution in [3.05, 3.63) is 71.7 Å². The van der Waals surface area contributed by atoms with Crippen LogP contribution in [-0.2, 0) is 4.43 Å². The molecular weight excluding hydrogens is 536 g/mol. The lowest BCUT2D eigenvalue weighted by molar-refractivity contribution is 0.0651. The summed E-state index contributed by atoms with van der Waals surface area (Å²) in [5.41, 5.74) is 1.92. The summed E-state index contributed by atoms with van der Waals surface area (Å²) in [6.45, 7) is 14.6. The topological polar surface area (TPSA) is 103 Å². The zero-order chi connectivity index (χ0) is 29.6. The molecular formula is C31H39N4O5Si. The molecule has 1 aliphatic heterocycles. The van der Waals surface area contributed by atoms with Crippen LogP contribution in [0, 0.1) is 12.3 Å². The SMILES string of the molecule is Cc1cnc(NC(=O)c2cc(Oc3ccc(C(=O)N4CCC4)cc3)cc(O[C@@H](C)CO[Si](C)CC(C)(C)C)c2)cn1. The molecule has 10 heteroatoms. The van der Waals surface area contributed by atoms with Crippen LogP contribution in [-0.4, -0.2) is 61.5 Å². The summed E-state index contributed by atoms with van der Waals surface area (Å²) in [6.07, 6.45) is 3.90. The van der Waals surface area contributed by atoms with Gasteiger partial charge in [-0.25, -0.2) is 4.98 Å². The third kappa shape index (κ3) is 9.12. The number of aromatic nitrogens is 2. The van der Waals surface area contributed by atoms with Crippen LogP contribution in [0.25, 0.3) is 0 Å². The van der Waals surface area contributed by atoms with Crippen molar-refractivity contribution >= 4 is 26.7 Å². The number of nitrogens with one attached hydrogen (secondary N) is 1. The van der Waals surface area contributed by atoms with Gasteiger partial charge in [0, 0.05) is 30.3 Å². The van der Waals surface area contributed by atoms with Gasteiger partial charge in [0.05, 0.1) is 24.7 Å². The lowest BCUT2D eigenvalue weighted by atomic mass is 10.0. The molecule has 1 radical (unpaired) electrons. The number of benzene rings is 2. The van der Waals surface area contributed by atoms with Crippen LogP contribution in [0.15, 0.2) is 54.9 Å². The smallest absolute Gasteiger partial charge is 0.257 e. The highest BCUT2D eigenvalue weighted by Crippen LogP contribution is 2.29. The molecule has 1 N–H and O–H groups in total. The first kappa shape index (κ1) is 30.2. The number of anilines is 1. The fourth-order valence-corrected chi connectivity index (χ4v) is 6.42. The molecule has 0 saturated carbocycles. The Hall–Kier alpha value is -3.76. The number of nitrogens with zero attached hydrogens (tertiary/aromatic N) is 3. The fraction of sp³-hybridized carbons (Fsp3) is 0.419. The first-order valence-electron chi connectivity index (χ1n) is 13.9. The number of aryl methyl sites for hydroxylation is 1. The van der Waals surface area contributed by atoms with Gasteiger partial charge in [0.25, 0.3) is 11.8 Å². The molecule has 4 rings (SSSR count). The van der Waals surface area contributed by atoms with E-state index in [0.29, 0.717) is 40.8 Å². The molecule has 2 amide bonds. The zero-order valence-electron chi connectivity index (χ0n) is 24.7. The van der Waals surface area contributed by atoms with E-state index in [1.165, 1.54) is 6.20 Å². The van der Waals surface area contributed by atoms with Crippen LogP contribution in [0.3, 0.4) is 0 Å². The Morgan fingerprint density at radius 3 is 2.32 bits per heavy atom. The van der Waals surface area contributed by atoms with E-state index in [4.69, 9.17) is 13.9 Å². The van der Waals surface area contributed by atoms with E-state index in [2.05, 4.69) is 42.6 Å². The largest absolute Gasteiger partial charge is 0.488 e. The molecule has 3 aromatic rings. The van der Waals surface area contributed by atoms with E-state index in [-0.39, 0.29) is 23.3 Å². The number of ether oxygens (including phenoxy) is 2. The lowest BCUT2D eigenvalue weighted by Gasteiger charge is -2.30. The predicted octanol–water partition coefficient (Wildman–Crippen LogP) is 6.13. The third-order valence-corrected chi connectivity index (χ3v) is 8.54. The molecule has 0 bridgehead atoms. The quantitative estimate of drug-likeness (QED) is 0.275. The van der Waals surface area contributed by atoms with Gasteiger partial charge in [-0.1, -0.05) is 20.8 Å². The van der Waals surface area contributed by atoms with Gasteiger partial charge in [-0.05, 0) is 74.7 Å². The number of carbonyl (C=O) groups excluding carboxylic acids is 2. The number of hydrogen-bond donors (Lipinski definition) is 1. The maximum Gasteiger partial charge on any atom is 0.257 e. The molecule has 2 heterocycles. The monoisotopic (exact) mass is 575 g/mol. The van der Waals surface area contributed by atoms with E-state index in [9.17, 15) is 9.59 Å². The predicted molar refractivity (Wildman–Crippen MR) is 160 cm³/mol. The van der Waals surface area contributed by atoms with E-state index < -0.39 is 9.04 Å². The minimum absolute atomic E-state index is 0.0200. The Kier molecular flexibility index (Phi) is 9.77. The van der Waals surface area contributed by atoms with Gasteiger partial charge in [0.15, 0.2) is 5.82 Å². The fourth-order valence-electron chi connectivity index (χ4n) is 4.30. The van der Waals surface area contributed by atoms with Crippen molar-refractivity contribution < 1.29 is 23.5 Å². The van der Waals surface area contributed by atoms with Crippen molar-refractivity contribution in [2.45, 2.75) is 59.7 Å². The van der Waals surface area contributed by atoms with E-state index in [0.717, 1.165) is 31.2 Å². The van der Waals surface area contributed by atoms with Crippen LogP contribution in [0.2, 0.25) is 12.6 Å². The molecule has 41 heavy (non-hydrogen) atoms. The number of likely N-dealkylation sites (tertiary alicyclic amines) is 1. The summed E-state index contributed by atoms with van der Waals surface area (Å²) in [5.74, 6) is 1.42. The number of hydrogen-bond acceptors (Lipinski definition) is 7. The molecule has 1 aliphatic rings. The Bertz CT molecular complexity index is 1340. The summed E-state index contributed by atoms with van der Waals surface area (Å²) < 4.78 is 18.4. The number of rotatable bonds is 11. The van der Waals surface area contributed by atoms with Gasteiger partial charge in [-0.15, -0.1) is 0 Å². The summed E-state index contributed by atoms with van der Waals surface area (Å²) in [4.78, 5) is 35.9. The number of amides is 2. The van der Waals surface area contributed by atoms with Crippen LogP contribution in [0.1, 0.15) is 60.5 Å². The highest BCUT2D eigenvalue weighted by Gasteiger charge is 2.22. The van der Waals surface area contributed by atoms with Crippen molar-refractivity contribution in [1.29, 1.82) is 0 Å². The first-order chi connectivity index (χ1) is 19.4. The van der Waals surface area contributed by atoms with Crippen molar-refractivity contribution in [3.8, 4) is 17.2 Å². The number of carbonyl (C=O) groups is 2. The normalized spacial score (nSPS) is 13.9. The Balaban J connectivity index is 1.49. The molecule has 1 aromatic heterocycles. The van der Waals surface area contributed by atoms with Gasteiger partial charge in [0.1, 0.15) is 23.4 Å². The van der Waals surface area contributed by atoms with Crippen molar-refractivity contribution in [2.75, 3.05) is 25.0 Å². The van der Waals surface area contributed by atoms with E-state index in [1.807, 2.05) is 18.7 Å². The second-order valence-corrected chi connectivity index (χ2v) is 13.7. The maximum absolute atomic E-state index is 13.2. The van der Waals surface area contributed by atoms with Crippen molar-refractivity contribution in [3.63, 3.8) is 0 Å². The average molecular weight is 576 g/mol. The Labute approximate surface area is 244 Å². The van der Waals surface area contributed by atoms with Gasteiger partial charge in [-0.2, -0.15) is 0 Å². The van der Waals surface area contributed by atoms with Gasteiger partial charge in [-0.3, -0.25) is 14.6 Å². The summed E-state index contributed by atoms with van der Waals surface area (Å²) >= 11 is 0. The van der Waals surface area contributed by atoms with Crippen LogP contribution < -0.4 is 14.8 Å². The molecule has 0 unspecified atom stereocenters. The van der Waals surface area contributed by atoms with Crippen LogP contribution >= 0.6 is 0 Å². The average Bonchev–Trinajstić information content (AvgIpc) is 2.87. The first-order valence-corrected chi connectivity index (χ1v) is 16.0. The molecule has 217 valence electrons. The van der Waals surface area contributed by atoms with Gasteiger partial charge >= 0.3 is 0 Å². The Morgan fingerprint density at radius 2 is 1.71 bits per heavy atom. The third-order valence-electron chi connectivity index (χ3n) is 6.33. The minimum Gasteiger partial charge on any atom is -0.488 e. The summed E-state index contributed by atoms with van der Waals surface area (Å²) in [5, 5.41) is 2.77. The summed E-state index contributed by atoms with van der Waals surface area (Å²) in [6, 6.07) is 13.1. The zero-order valence-corrected chi connectivity index (χ0v) is 25.7. The van der Waals surface area contributed by atoms with Crippen molar-refractivity contribution in [1.82, 2.24) is 14.9 Å². The highest BCUT2D eigenvalue weighted by atomic mass is 28.3. The lowest BCUT2D eigenvalue weighted by Crippen LogP contribution is -2.41. The highest BCUT2D eigenvalue weighted by molar-refractivity contribution is 6.50. The molecule has 0 aliphatic carbocycles. The van der Waals surface area contributed by atoms with E-state index in [1.54, 1.807) is 48.7 Å². The molecule has 1 atom stereocenters. The standard InChI is InChI=1S/C31H39N4O5Si/c1-21-17-33-28(18-32-21)34-29(36)24-14-26(39-22(2)19-38-41(6)20-31(3,4)5)16-27(15-24)40-25-10-8-23(9-11-25)30(37)35-12-7-13-35/h8-11,14-18,22H,7,12-13,19-20H2,1-6H3,(H,33,34,36)/t22-/m0/s1. The molecule has 2 aromatic carbocycles. The Morgan fingerprint density at radius 1 is 1.00 bits per heavy atom. The van der Waals surface area contributed by atoms with Crippen LogP contribution in [0.4, 0.5) is 5.82 Å².